The van der Waals surface area contributed by atoms with Crippen molar-refractivity contribution in [3.63, 3.8) is 0 Å². The lowest BCUT2D eigenvalue weighted by Crippen LogP contribution is -2.08. The first-order valence-corrected chi connectivity index (χ1v) is 4.14. The zero-order chi connectivity index (χ0) is 8.85. The third-order valence-electron chi connectivity index (χ3n) is 2.17. The molecule has 11 heavy (non-hydrogen) atoms. The highest BCUT2D eigenvalue weighted by molar-refractivity contribution is 5.69. The van der Waals surface area contributed by atoms with Gasteiger partial charge in [-0.05, 0) is 18.3 Å². The van der Waals surface area contributed by atoms with Crippen LogP contribution < -0.4 is 0 Å². The van der Waals surface area contributed by atoms with Crippen LogP contribution in [0.15, 0.2) is 0 Å². The number of carbonyl (C=O) groups excluding carboxylic acids is 1. The standard InChI is InChI=1S/C9H18O2/c1-7(2)8(3)5-6-9(10)11-4/h7-8H,5-6H2,1-4H3. The van der Waals surface area contributed by atoms with Gasteiger partial charge in [-0.15, -0.1) is 0 Å². The van der Waals surface area contributed by atoms with Gasteiger partial charge in [0.05, 0.1) is 7.11 Å². The summed E-state index contributed by atoms with van der Waals surface area (Å²) in [6.07, 6.45) is 1.49. The summed E-state index contributed by atoms with van der Waals surface area (Å²) in [5, 5.41) is 0. The van der Waals surface area contributed by atoms with Gasteiger partial charge in [-0.2, -0.15) is 0 Å². The summed E-state index contributed by atoms with van der Waals surface area (Å²) in [7, 11) is 1.43. The summed E-state index contributed by atoms with van der Waals surface area (Å²) < 4.78 is 4.54. The van der Waals surface area contributed by atoms with Gasteiger partial charge in [0.15, 0.2) is 0 Å². The van der Waals surface area contributed by atoms with Gasteiger partial charge in [-0.25, -0.2) is 0 Å². The largest absolute Gasteiger partial charge is 0.469 e. The number of ether oxygens (including phenoxy) is 1. The van der Waals surface area contributed by atoms with Crippen LogP contribution in [0.1, 0.15) is 33.6 Å². The Labute approximate surface area is 68.9 Å². The second-order valence-electron chi connectivity index (χ2n) is 3.34. The molecule has 0 bridgehead atoms. The summed E-state index contributed by atoms with van der Waals surface area (Å²) in [5.41, 5.74) is 0. The van der Waals surface area contributed by atoms with Crippen molar-refractivity contribution >= 4 is 5.97 Å². The summed E-state index contributed by atoms with van der Waals surface area (Å²) in [6.45, 7) is 6.50. The van der Waals surface area contributed by atoms with Crippen molar-refractivity contribution in [2.24, 2.45) is 11.8 Å². The average Bonchev–Trinajstić information content (AvgIpc) is 1.99. The first-order valence-electron chi connectivity index (χ1n) is 4.14. The number of hydrogen-bond acceptors (Lipinski definition) is 2. The Bertz CT molecular complexity index is 119. The van der Waals surface area contributed by atoms with E-state index in [-0.39, 0.29) is 5.97 Å². The lowest BCUT2D eigenvalue weighted by Gasteiger charge is -2.13. The SMILES string of the molecule is COC(=O)CCC(C)C(C)C. The molecule has 0 aromatic rings. The van der Waals surface area contributed by atoms with E-state index in [1.165, 1.54) is 7.11 Å². The van der Waals surface area contributed by atoms with Crippen molar-refractivity contribution in [1.29, 1.82) is 0 Å². The molecule has 0 radical (unpaired) electrons. The molecule has 0 saturated carbocycles. The Morgan fingerprint density at radius 2 is 1.91 bits per heavy atom. The molecule has 0 saturated heterocycles. The van der Waals surface area contributed by atoms with Crippen LogP contribution in [-0.4, -0.2) is 13.1 Å². The molecule has 0 N–H and O–H groups in total. The molecule has 1 unspecified atom stereocenters. The summed E-state index contributed by atoms with van der Waals surface area (Å²) in [6, 6.07) is 0. The quantitative estimate of drug-likeness (QED) is 0.586. The van der Waals surface area contributed by atoms with Crippen LogP contribution in [0.2, 0.25) is 0 Å². The normalized spacial score (nSPS) is 13.2. The third-order valence-corrected chi connectivity index (χ3v) is 2.17. The monoisotopic (exact) mass is 158 g/mol. The lowest BCUT2D eigenvalue weighted by molar-refractivity contribution is -0.141. The van der Waals surface area contributed by atoms with Crippen LogP contribution in [0.3, 0.4) is 0 Å². The Hall–Kier alpha value is -0.530. The molecule has 0 fully saturated rings. The van der Waals surface area contributed by atoms with E-state index in [4.69, 9.17) is 0 Å². The van der Waals surface area contributed by atoms with Crippen LogP contribution >= 0.6 is 0 Å². The lowest BCUT2D eigenvalue weighted by atomic mass is 9.93. The molecule has 0 aromatic carbocycles. The Kier molecular flexibility index (Phi) is 4.92. The first kappa shape index (κ1) is 10.5. The maximum atomic E-state index is 10.7. The number of carbonyl (C=O) groups is 1. The van der Waals surface area contributed by atoms with Gasteiger partial charge in [-0.3, -0.25) is 4.79 Å². The van der Waals surface area contributed by atoms with Crippen molar-refractivity contribution in [1.82, 2.24) is 0 Å². The van der Waals surface area contributed by atoms with E-state index in [0.717, 1.165) is 6.42 Å². The smallest absolute Gasteiger partial charge is 0.305 e. The third kappa shape index (κ3) is 4.82. The van der Waals surface area contributed by atoms with E-state index in [1.807, 2.05) is 0 Å². The topological polar surface area (TPSA) is 26.3 Å². The second kappa shape index (κ2) is 5.16. The van der Waals surface area contributed by atoms with Gasteiger partial charge < -0.3 is 4.74 Å². The maximum absolute atomic E-state index is 10.7. The Morgan fingerprint density at radius 3 is 2.27 bits per heavy atom. The van der Waals surface area contributed by atoms with E-state index >= 15 is 0 Å². The molecule has 2 nitrogen and oxygen atoms in total. The number of esters is 1. The molecule has 0 aliphatic rings. The molecule has 0 rings (SSSR count). The summed E-state index contributed by atoms with van der Waals surface area (Å²) >= 11 is 0. The highest BCUT2D eigenvalue weighted by Gasteiger charge is 2.09. The summed E-state index contributed by atoms with van der Waals surface area (Å²) in [4.78, 5) is 10.7. The minimum Gasteiger partial charge on any atom is -0.469 e. The predicted molar refractivity (Wildman–Crippen MR) is 45.3 cm³/mol. The van der Waals surface area contributed by atoms with Gasteiger partial charge in [0.1, 0.15) is 0 Å². The number of methoxy groups -OCH3 is 1. The van der Waals surface area contributed by atoms with Crippen LogP contribution in [0.25, 0.3) is 0 Å². The molecule has 2 heteroatoms. The average molecular weight is 158 g/mol. The van der Waals surface area contributed by atoms with Gasteiger partial charge in [0, 0.05) is 6.42 Å². The van der Waals surface area contributed by atoms with Crippen LogP contribution in [0, 0.1) is 11.8 Å². The van der Waals surface area contributed by atoms with Crippen molar-refractivity contribution in [3.05, 3.63) is 0 Å². The molecular formula is C9H18O2. The van der Waals surface area contributed by atoms with Gasteiger partial charge in [0.2, 0.25) is 0 Å². The molecule has 1 atom stereocenters. The van der Waals surface area contributed by atoms with Gasteiger partial charge in [0.25, 0.3) is 0 Å². The predicted octanol–water partition coefficient (Wildman–Crippen LogP) is 2.23. The van der Waals surface area contributed by atoms with Crippen molar-refractivity contribution < 1.29 is 9.53 Å². The van der Waals surface area contributed by atoms with Crippen LogP contribution in [-0.2, 0) is 9.53 Å². The fourth-order valence-corrected chi connectivity index (χ4v) is 0.781. The van der Waals surface area contributed by atoms with E-state index < -0.39 is 0 Å². The van der Waals surface area contributed by atoms with E-state index in [0.29, 0.717) is 18.3 Å². The fourth-order valence-electron chi connectivity index (χ4n) is 0.781. The number of rotatable bonds is 4. The van der Waals surface area contributed by atoms with E-state index in [2.05, 4.69) is 25.5 Å². The maximum Gasteiger partial charge on any atom is 0.305 e. The minimum absolute atomic E-state index is 0.0995. The van der Waals surface area contributed by atoms with Crippen molar-refractivity contribution in [2.75, 3.05) is 7.11 Å². The van der Waals surface area contributed by atoms with E-state index in [1.54, 1.807) is 0 Å². The highest BCUT2D eigenvalue weighted by atomic mass is 16.5. The minimum atomic E-state index is -0.0995. The number of hydrogen-bond donors (Lipinski definition) is 0. The Balaban J connectivity index is 3.45. The zero-order valence-corrected chi connectivity index (χ0v) is 7.89. The molecule has 0 aliphatic carbocycles. The molecule has 66 valence electrons. The second-order valence-corrected chi connectivity index (χ2v) is 3.34. The van der Waals surface area contributed by atoms with Gasteiger partial charge >= 0.3 is 5.97 Å². The van der Waals surface area contributed by atoms with Crippen molar-refractivity contribution in [2.45, 2.75) is 33.6 Å². The fraction of sp³-hybridized carbons (Fsp3) is 0.889. The Morgan fingerprint density at radius 1 is 1.36 bits per heavy atom. The molecule has 0 spiro atoms. The molecule has 0 aliphatic heterocycles. The molecule has 0 amide bonds. The van der Waals surface area contributed by atoms with E-state index in [9.17, 15) is 4.79 Å². The first-order chi connectivity index (χ1) is 5.07. The molecular weight excluding hydrogens is 140 g/mol. The highest BCUT2D eigenvalue weighted by Crippen LogP contribution is 2.15. The van der Waals surface area contributed by atoms with Crippen LogP contribution in [0.5, 0.6) is 0 Å². The van der Waals surface area contributed by atoms with Crippen LogP contribution in [0.4, 0.5) is 0 Å². The van der Waals surface area contributed by atoms with Gasteiger partial charge in [-0.1, -0.05) is 20.8 Å². The van der Waals surface area contributed by atoms with Crippen molar-refractivity contribution in [3.8, 4) is 0 Å². The zero-order valence-electron chi connectivity index (χ0n) is 7.89. The molecule has 0 aromatic heterocycles. The molecule has 0 heterocycles. The summed E-state index contributed by atoms with van der Waals surface area (Å²) in [5.74, 6) is 1.16.